The van der Waals surface area contributed by atoms with Gasteiger partial charge in [-0.3, -0.25) is 4.98 Å². The number of nitrogens with one attached hydrogen (secondary N) is 1. The Bertz CT molecular complexity index is 827. The van der Waals surface area contributed by atoms with Gasteiger partial charge in [0, 0.05) is 28.5 Å². The van der Waals surface area contributed by atoms with Gasteiger partial charge in [-0.2, -0.15) is 0 Å². The molecular formula is C19H16ClFN2O. The van der Waals surface area contributed by atoms with Gasteiger partial charge in [-0.1, -0.05) is 41.9 Å². The predicted molar refractivity (Wildman–Crippen MR) is 94.5 cm³/mol. The molecule has 2 aromatic carbocycles. The number of aliphatic hydroxyl groups excluding tert-OH is 1. The molecule has 3 nitrogen and oxygen atoms in total. The van der Waals surface area contributed by atoms with Crippen LogP contribution in [0.2, 0.25) is 5.02 Å². The zero-order chi connectivity index (χ0) is 16.9. The number of nitrogens with zero attached hydrogens (tertiary/aromatic N) is 1. The smallest absolute Gasteiger partial charge is 0.131 e. The lowest BCUT2D eigenvalue weighted by Gasteiger charge is -2.18. The van der Waals surface area contributed by atoms with Crippen LogP contribution in [0.4, 0.5) is 10.1 Å². The van der Waals surface area contributed by atoms with Crippen LogP contribution in [-0.4, -0.2) is 16.7 Å². The largest absolute Gasteiger partial charge is 0.394 e. The lowest BCUT2D eigenvalue weighted by Crippen LogP contribution is -2.14. The van der Waals surface area contributed by atoms with Crippen molar-refractivity contribution in [3.63, 3.8) is 0 Å². The SMILES string of the molecule is OC[C@H](Nc1cncc(-c2cc(Cl)ccc2F)c1)c1ccccc1. The second-order valence-corrected chi connectivity index (χ2v) is 5.81. The maximum Gasteiger partial charge on any atom is 0.131 e. The molecule has 122 valence electrons. The third-order valence-corrected chi connectivity index (χ3v) is 3.94. The van der Waals surface area contributed by atoms with Crippen LogP contribution in [0.5, 0.6) is 0 Å². The van der Waals surface area contributed by atoms with Crippen molar-refractivity contribution in [1.82, 2.24) is 4.98 Å². The van der Waals surface area contributed by atoms with Crippen LogP contribution >= 0.6 is 11.6 Å². The molecule has 1 atom stereocenters. The first-order valence-corrected chi connectivity index (χ1v) is 7.88. The molecule has 3 rings (SSSR count). The Balaban J connectivity index is 1.89. The number of anilines is 1. The molecule has 0 unspecified atom stereocenters. The highest BCUT2D eigenvalue weighted by Gasteiger charge is 2.12. The van der Waals surface area contributed by atoms with Gasteiger partial charge < -0.3 is 10.4 Å². The van der Waals surface area contributed by atoms with Crippen LogP contribution in [-0.2, 0) is 0 Å². The topological polar surface area (TPSA) is 45.1 Å². The van der Waals surface area contributed by atoms with E-state index in [9.17, 15) is 9.50 Å². The molecule has 0 aliphatic heterocycles. The Hall–Kier alpha value is -2.43. The van der Waals surface area contributed by atoms with E-state index in [1.165, 1.54) is 12.1 Å². The van der Waals surface area contributed by atoms with Crippen LogP contribution in [0.25, 0.3) is 11.1 Å². The summed E-state index contributed by atoms with van der Waals surface area (Å²) in [5.41, 5.74) is 2.65. The number of hydrogen-bond donors (Lipinski definition) is 2. The van der Waals surface area contributed by atoms with Gasteiger partial charge in [-0.25, -0.2) is 4.39 Å². The maximum absolute atomic E-state index is 14.0. The average molecular weight is 343 g/mol. The normalized spacial score (nSPS) is 12.0. The predicted octanol–water partition coefficient (Wildman–Crippen LogP) is 4.69. The van der Waals surface area contributed by atoms with Crippen LogP contribution in [0.1, 0.15) is 11.6 Å². The number of pyridine rings is 1. The summed E-state index contributed by atoms with van der Waals surface area (Å²) in [6.45, 7) is -0.0697. The fourth-order valence-corrected chi connectivity index (χ4v) is 2.68. The maximum atomic E-state index is 14.0. The highest BCUT2D eigenvalue weighted by molar-refractivity contribution is 6.30. The molecule has 0 fully saturated rings. The number of aromatic nitrogens is 1. The summed E-state index contributed by atoms with van der Waals surface area (Å²) in [6.07, 6.45) is 3.22. The number of rotatable bonds is 5. The molecule has 0 amide bonds. The van der Waals surface area contributed by atoms with E-state index >= 15 is 0 Å². The first-order chi connectivity index (χ1) is 11.7. The van der Waals surface area contributed by atoms with Crippen molar-refractivity contribution < 1.29 is 9.50 Å². The van der Waals surface area contributed by atoms with E-state index < -0.39 is 0 Å². The van der Waals surface area contributed by atoms with Gasteiger partial charge in [0.25, 0.3) is 0 Å². The van der Waals surface area contributed by atoms with E-state index in [0.29, 0.717) is 21.8 Å². The molecule has 3 aromatic rings. The highest BCUT2D eigenvalue weighted by Crippen LogP contribution is 2.28. The summed E-state index contributed by atoms with van der Waals surface area (Å²) in [6, 6.07) is 15.5. The summed E-state index contributed by atoms with van der Waals surface area (Å²) in [7, 11) is 0. The van der Waals surface area contributed by atoms with Crippen LogP contribution in [0, 0.1) is 5.82 Å². The second-order valence-electron chi connectivity index (χ2n) is 5.38. The molecule has 2 N–H and O–H groups in total. The lowest BCUT2D eigenvalue weighted by molar-refractivity contribution is 0.276. The van der Waals surface area contributed by atoms with E-state index in [0.717, 1.165) is 5.56 Å². The van der Waals surface area contributed by atoms with Gasteiger partial charge >= 0.3 is 0 Å². The molecule has 1 heterocycles. The minimum absolute atomic E-state index is 0.0697. The Morgan fingerprint density at radius 2 is 1.88 bits per heavy atom. The van der Waals surface area contributed by atoms with Crippen LogP contribution in [0.3, 0.4) is 0 Å². The summed E-state index contributed by atoms with van der Waals surface area (Å²) in [5.74, 6) is -0.361. The molecule has 0 aliphatic rings. The first-order valence-electron chi connectivity index (χ1n) is 7.50. The minimum Gasteiger partial charge on any atom is -0.394 e. The molecule has 24 heavy (non-hydrogen) atoms. The monoisotopic (exact) mass is 342 g/mol. The van der Waals surface area contributed by atoms with Gasteiger partial charge in [0.05, 0.1) is 18.3 Å². The molecule has 0 saturated carbocycles. The van der Waals surface area contributed by atoms with Crippen LogP contribution in [0.15, 0.2) is 67.0 Å². The van der Waals surface area contributed by atoms with E-state index in [1.54, 1.807) is 24.5 Å². The summed E-state index contributed by atoms with van der Waals surface area (Å²) in [5, 5.41) is 13.3. The molecule has 0 bridgehead atoms. The van der Waals surface area contributed by atoms with Gasteiger partial charge in [0.15, 0.2) is 0 Å². The van der Waals surface area contributed by atoms with Gasteiger partial charge in [-0.15, -0.1) is 0 Å². The Morgan fingerprint density at radius 1 is 1.08 bits per heavy atom. The molecular weight excluding hydrogens is 327 g/mol. The Morgan fingerprint density at radius 3 is 2.62 bits per heavy atom. The summed E-state index contributed by atoms with van der Waals surface area (Å²) < 4.78 is 14.0. The molecule has 5 heteroatoms. The lowest BCUT2D eigenvalue weighted by atomic mass is 10.1. The molecule has 0 saturated heterocycles. The molecule has 0 aliphatic carbocycles. The van der Waals surface area contributed by atoms with Gasteiger partial charge in [0.2, 0.25) is 0 Å². The van der Waals surface area contributed by atoms with Crippen molar-refractivity contribution >= 4 is 17.3 Å². The zero-order valence-corrected chi connectivity index (χ0v) is 13.5. The van der Waals surface area contributed by atoms with Gasteiger partial charge in [0.1, 0.15) is 5.82 Å². The standard InChI is InChI=1S/C19H16ClFN2O/c20-15-6-7-18(21)17(9-15)14-8-16(11-22-10-14)23-19(12-24)13-4-2-1-3-5-13/h1-11,19,23-24H,12H2/t19-/m0/s1. The van der Waals surface area contributed by atoms with E-state index in [-0.39, 0.29) is 18.5 Å². The average Bonchev–Trinajstić information content (AvgIpc) is 2.62. The molecule has 0 radical (unpaired) electrons. The van der Waals surface area contributed by atoms with Gasteiger partial charge in [-0.05, 0) is 29.8 Å². The minimum atomic E-state index is -0.361. The van der Waals surface area contributed by atoms with Crippen molar-refractivity contribution in [2.24, 2.45) is 0 Å². The number of hydrogen-bond acceptors (Lipinski definition) is 3. The quantitative estimate of drug-likeness (QED) is 0.707. The molecule has 0 spiro atoms. The third-order valence-electron chi connectivity index (χ3n) is 3.70. The van der Waals surface area contributed by atoms with Crippen molar-refractivity contribution in [2.75, 3.05) is 11.9 Å². The van der Waals surface area contributed by atoms with Crippen molar-refractivity contribution in [2.45, 2.75) is 6.04 Å². The number of aliphatic hydroxyl groups is 1. The summed E-state index contributed by atoms with van der Waals surface area (Å²) in [4.78, 5) is 4.16. The zero-order valence-electron chi connectivity index (χ0n) is 12.8. The highest BCUT2D eigenvalue weighted by atomic mass is 35.5. The molecule has 1 aromatic heterocycles. The van der Waals surface area contributed by atoms with Crippen molar-refractivity contribution in [3.8, 4) is 11.1 Å². The fourth-order valence-electron chi connectivity index (χ4n) is 2.51. The Labute approximate surface area is 144 Å². The Kier molecular flexibility index (Phi) is 5.08. The van der Waals surface area contributed by atoms with Crippen molar-refractivity contribution in [1.29, 1.82) is 0 Å². The second kappa shape index (κ2) is 7.43. The third kappa shape index (κ3) is 3.72. The van der Waals surface area contributed by atoms with Crippen LogP contribution < -0.4 is 5.32 Å². The fraction of sp³-hybridized carbons (Fsp3) is 0.105. The van der Waals surface area contributed by atoms with E-state index in [1.807, 2.05) is 30.3 Å². The number of benzene rings is 2. The summed E-state index contributed by atoms with van der Waals surface area (Å²) >= 11 is 5.96. The van der Waals surface area contributed by atoms with Crippen molar-refractivity contribution in [3.05, 3.63) is 83.4 Å². The number of halogens is 2. The van der Waals surface area contributed by atoms with E-state index in [4.69, 9.17) is 11.6 Å². The first kappa shape index (κ1) is 16.4. The van der Waals surface area contributed by atoms with E-state index in [2.05, 4.69) is 10.3 Å².